The van der Waals surface area contributed by atoms with E-state index in [1.807, 2.05) is 18.0 Å². The molecule has 0 N–H and O–H groups in total. The van der Waals surface area contributed by atoms with Gasteiger partial charge in [0, 0.05) is 13.1 Å². The predicted octanol–water partition coefficient (Wildman–Crippen LogP) is 2.33. The minimum Gasteiger partial charge on any atom is -0.488 e. The van der Waals surface area contributed by atoms with Crippen LogP contribution in [0.3, 0.4) is 0 Å². The fourth-order valence-electron chi connectivity index (χ4n) is 1.22. The van der Waals surface area contributed by atoms with Gasteiger partial charge in [0.2, 0.25) is 0 Å². The Balaban J connectivity index is 2.52. The van der Waals surface area contributed by atoms with Gasteiger partial charge in [-0.15, -0.1) is 0 Å². The Labute approximate surface area is 89.8 Å². The first kappa shape index (κ1) is 9.09. The maximum absolute atomic E-state index is 5.87. The molecule has 0 atom stereocenters. The molecule has 0 aromatic carbocycles. The van der Waals surface area contributed by atoms with Crippen LogP contribution in [-0.2, 0) is 0 Å². The van der Waals surface area contributed by atoms with Crippen molar-refractivity contribution in [3.8, 4) is 5.75 Å². The van der Waals surface area contributed by atoms with Gasteiger partial charge in [0.1, 0.15) is 11.8 Å². The SMILES string of the molecule is CN1CCOc2cc(Br)c(Cl)nc21. The lowest BCUT2D eigenvalue weighted by molar-refractivity contribution is 0.309. The van der Waals surface area contributed by atoms with Crippen LogP contribution in [0, 0.1) is 0 Å². The van der Waals surface area contributed by atoms with E-state index in [4.69, 9.17) is 16.3 Å². The molecule has 0 fully saturated rings. The molecule has 1 aliphatic rings. The number of pyridine rings is 1. The number of hydrogen-bond acceptors (Lipinski definition) is 3. The molecule has 70 valence electrons. The Morgan fingerprint density at radius 1 is 1.69 bits per heavy atom. The van der Waals surface area contributed by atoms with Gasteiger partial charge in [0.15, 0.2) is 11.6 Å². The minimum absolute atomic E-state index is 0.469. The summed E-state index contributed by atoms with van der Waals surface area (Å²) in [5.41, 5.74) is 0. The second kappa shape index (κ2) is 3.35. The van der Waals surface area contributed by atoms with E-state index < -0.39 is 0 Å². The van der Waals surface area contributed by atoms with Crippen LogP contribution >= 0.6 is 27.5 Å². The van der Waals surface area contributed by atoms with Crippen molar-refractivity contribution in [1.29, 1.82) is 0 Å². The van der Waals surface area contributed by atoms with Crippen molar-refractivity contribution in [3.05, 3.63) is 15.7 Å². The molecule has 0 bridgehead atoms. The van der Waals surface area contributed by atoms with Gasteiger partial charge < -0.3 is 9.64 Å². The number of likely N-dealkylation sites (N-methyl/N-ethyl adjacent to an activating group) is 1. The Morgan fingerprint density at radius 2 is 2.46 bits per heavy atom. The summed E-state index contributed by atoms with van der Waals surface area (Å²) in [6, 6.07) is 1.85. The van der Waals surface area contributed by atoms with Gasteiger partial charge in [-0.1, -0.05) is 11.6 Å². The molecule has 0 radical (unpaired) electrons. The van der Waals surface area contributed by atoms with Gasteiger partial charge in [-0.3, -0.25) is 0 Å². The number of ether oxygens (including phenoxy) is 1. The van der Waals surface area contributed by atoms with Crippen LogP contribution in [0.25, 0.3) is 0 Å². The molecule has 1 aliphatic heterocycles. The second-order valence-electron chi connectivity index (χ2n) is 2.85. The maximum atomic E-state index is 5.87. The highest BCUT2D eigenvalue weighted by Gasteiger charge is 2.18. The van der Waals surface area contributed by atoms with Crippen molar-refractivity contribution in [3.63, 3.8) is 0 Å². The molecule has 1 aromatic rings. The number of aromatic nitrogens is 1. The van der Waals surface area contributed by atoms with E-state index in [2.05, 4.69) is 20.9 Å². The number of nitrogens with zero attached hydrogens (tertiary/aromatic N) is 2. The number of fused-ring (bicyclic) bond motifs is 1. The van der Waals surface area contributed by atoms with Crippen LogP contribution in [-0.4, -0.2) is 25.2 Å². The molecule has 3 nitrogen and oxygen atoms in total. The summed E-state index contributed by atoms with van der Waals surface area (Å²) < 4.78 is 6.20. The Hall–Kier alpha value is -0.480. The third kappa shape index (κ3) is 1.60. The van der Waals surface area contributed by atoms with Crippen molar-refractivity contribution in [1.82, 2.24) is 4.98 Å². The van der Waals surface area contributed by atoms with E-state index in [1.54, 1.807) is 0 Å². The monoisotopic (exact) mass is 262 g/mol. The fourth-order valence-corrected chi connectivity index (χ4v) is 1.65. The van der Waals surface area contributed by atoms with E-state index in [9.17, 15) is 0 Å². The molecule has 0 unspecified atom stereocenters. The van der Waals surface area contributed by atoms with Crippen molar-refractivity contribution in [2.24, 2.45) is 0 Å². The molecule has 0 saturated carbocycles. The molecule has 0 aliphatic carbocycles. The lowest BCUT2D eigenvalue weighted by atomic mass is 10.3. The average molecular weight is 264 g/mol. The highest BCUT2D eigenvalue weighted by Crippen LogP contribution is 2.34. The summed E-state index contributed by atoms with van der Waals surface area (Å²) in [6.45, 7) is 1.54. The van der Waals surface area contributed by atoms with Gasteiger partial charge in [-0.05, 0) is 15.9 Å². The molecular formula is C8H8BrClN2O. The summed E-state index contributed by atoms with van der Waals surface area (Å²) >= 11 is 9.17. The lowest BCUT2D eigenvalue weighted by Crippen LogP contribution is -2.29. The topological polar surface area (TPSA) is 25.4 Å². The molecule has 13 heavy (non-hydrogen) atoms. The van der Waals surface area contributed by atoms with Gasteiger partial charge in [0.25, 0.3) is 0 Å². The van der Waals surface area contributed by atoms with Crippen molar-refractivity contribution in [2.45, 2.75) is 0 Å². The maximum Gasteiger partial charge on any atom is 0.172 e. The van der Waals surface area contributed by atoms with Crippen LogP contribution in [0.2, 0.25) is 5.15 Å². The first-order valence-corrected chi connectivity index (χ1v) is 5.05. The molecular weight excluding hydrogens is 255 g/mol. The molecule has 1 aromatic heterocycles. The minimum atomic E-state index is 0.469. The highest BCUT2D eigenvalue weighted by molar-refractivity contribution is 9.10. The lowest BCUT2D eigenvalue weighted by Gasteiger charge is -2.26. The zero-order chi connectivity index (χ0) is 9.42. The van der Waals surface area contributed by atoms with E-state index >= 15 is 0 Å². The van der Waals surface area contributed by atoms with E-state index in [0.717, 1.165) is 22.6 Å². The van der Waals surface area contributed by atoms with Gasteiger partial charge in [-0.25, -0.2) is 4.98 Å². The van der Waals surface area contributed by atoms with E-state index in [1.165, 1.54) is 0 Å². The van der Waals surface area contributed by atoms with Crippen LogP contribution in [0.1, 0.15) is 0 Å². The molecule has 5 heteroatoms. The number of hydrogen-bond donors (Lipinski definition) is 0. The fraction of sp³-hybridized carbons (Fsp3) is 0.375. The number of halogens is 2. The average Bonchev–Trinajstić information content (AvgIpc) is 2.09. The first-order valence-electron chi connectivity index (χ1n) is 3.88. The zero-order valence-electron chi connectivity index (χ0n) is 7.05. The molecule has 0 saturated heterocycles. The predicted molar refractivity (Wildman–Crippen MR) is 55.7 cm³/mol. The van der Waals surface area contributed by atoms with Crippen LogP contribution in [0.4, 0.5) is 5.82 Å². The summed E-state index contributed by atoms with van der Waals surface area (Å²) in [6.07, 6.45) is 0. The molecule has 2 rings (SSSR count). The number of anilines is 1. The highest BCUT2D eigenvalue weighted by atomic mass is 79.9. The van der Waals surface area contributed by atoms with Gasteiger partial charge >= 0.3 is 0 Å². The summed E-state index contributed by atoms with van der Waals surface area (Å²) in [4.78, 5) is 6.24. The third-order valence-corrected chi connectivity index (χ3v) is 3.05. The van der Waals surface area contributed by atoms with Crippen LogP contribution in [0.15, 0.2) is 10.5 Å². The summed E-state index contributed by atoms with van der Waals surface area (Å²) in [5.74, 6) is 1.59. The van der Waals surface area contributed by atoms with Crippen LogP contribution in [0.5, 0.6) is 5.75 Å². The largest absolute Gasteiger partial charge is 0.488 e. The summed E-state index contributed by atoms with van der Waals surface area (Å²) in [5, 5.41) is 0.469. The van der Waals surface area contributed by atoms with Crippen LogP contribution < -0.4 is 9.64 Å². The third-order valence-electron chi connectivity index (χ3n) is 1.93. The van der Waals surface area contributed by atoms with Crippen molar-refractivity contribution in [2.75, 3.05) is 25.1 Å². The van der Waals surface area contributed by atoms with Crippen molar-refractivity contribution >= 4 is 33.3 Å². The first-order chi connectivity index (χ1) is 6.18. The molecule has 0 spiro atoms. The Kier molecular flexibility index (Phi) is 2.34. The summed E-state index contributed by atoms with van der Waals surface area (Å²) in [7, 11) is 1.97. The van der Waals surface area contributed by atoms with E-state index in [0.29, 0.717) is 11.8 Å². The normalized spacial score (nSPS) is 15.2. The number of rotatable bonds is 0. The quantitative estimate of drug-likeness (QED) is 0.672. The smallest absolute Gasteiger partial charge is 0.172 e. The Morgan fingerprint density at radius 3 is 3.23 bits per heavy atom. The van der Waals surface area contributed by atoms with Crippen molar-refractivity contribution < 1.29 is 4.74 Å². The molecule has 0 amide bonds. The zero-order valence-corrected chi connectivity index (χ0v) is 9.39. The second-order valence-corrected chi connectivity index (χ2v) is 4.07. The molecule has 2 heterocycles. The van der Waals surface area contributed by atoms with Gasteiger partial charge in [0.05, 0.1) is 11.0 Å². The van der Waals surface area contributed by atoms with E-state index in [-0.39, 0.29) is 0 Å². The standard InChI is InChI=1S/C8H8BrClN2O/c1-12-2-3-13-6-4-5(9)7(10)11-8(6)12/h4H,2-3H2,1H3. The Bertz CT molecular complexity index is 345. The van der Waals surface area contributed by atoms with Gasteiger partial charge in [-0.2, -0.15) is 0 Å².